The summed E-state index contributed by atoms with van der Waals surface area (Å²) in [6.45, 7) is 15.8. The van der Waals surface area contributed by atoms with E-state index in [9.17, 15) is 4.79 Å². The van der Waals surface area contributed by atoms with Crippen molar-refractivity contribution in [2.75, 3.05) is 37.6 Å². The molecule has 0 atom stereocenters. The summed E-state index contributed by atoms with van der Waals surface area (Å²) in [6.07, 6.45) is 0. The number of hydrogen-bond acceptors (Lipinski definition) is 3. The lowest BCUT2D eigenvalue weighted by Gasteiger charge is -2.62. The predicted molar refractivity (Wildman–Crippen MR) is 111 cm³/mol. The van der Waals surface area contributed by atoms with Crippen molar-refractivity contribution in [3.05, 3.63) is 29.8 Å². The van der Waals surface area contributed by atoms with Crippen LogP contribution in [0.4, 0.5) is 5.69 Å². The van der Waals surface area contributed by atoms with Gasteiger partial charge < -0.3 is 20.4 Å². The van der Waals surface area contributed by atoms with Crippen LogP contribution in [-0.4, -0.2) is 55.0 Å². The van der Waals surface area contributed by atoms with Crippen LogP contribution < -0.4 is 15.5 Å². The van der Waals surface area contributed by atoms with Gasteiger partial charge in [-0.25, -0.2) is 4.99 Å². The number of nitrogens with one attached hydrogen (secondary N) is 2. The second kappa shape index (κ2) is 7.41. The number of carbonyl (C=O) groups excluding carboxylic acids is 1. The zero-order valence-electron chi connectivity index (χ0n) is 17.3. The van der Waals surface area contributed by atoms with Gasteiger partial charge in [-0.2, -0.15) is 0 Å². The van der Waals surface area contributed by atoms with Gasteiger partial charge in [0.15, 0.2) is 5.96 Å². The van der Waals surface area contributed by atoms with E-state index in [1.165, 1.54) is 5.56 Å². The Labute approximate surface area is 163 Å². The molecule has 3 rings (SSSR count). The minimum absolute atomic E-state index is 0.0882. The number of carbonyl (C=O) groups is 1. The van der Waals surface area contributed by atoms with E-state index in [0.29, 0.717) is 19.6 Å². The largest absolute Gasteiger partial charge is 0.360 e. The molecular weight excluding hydrogens is 338 g/mol. The summed E-state index contributed by atoms with van der Waals surface area (Å²) in [5, 5.41) is 6.30. The highest BCUT2D eigenvalue weighted by Crippen LogP contribution is 2.46. The number of aliphatic imine (C=N–C) groups is 1. The number of guanidine groups is 1. The summed E-state index contributed by atoms with van der Waals surface area (Å²) in [5.74, 6) is 1.07. The molecule has 6 nitrogen and oxygen atoms in total. The molecule has 27 heavy (non-hydrogen) atoms. The molecule has 0 spiro atoms. The normalized spacial score (nSPS) is 21.5. The molecule has 0 bridgehead atoms. The number of likely N-dealkylation sites (tertiary alicyclic amines) is 1. The highest BCUT2D eigenvalue weighted by molar-refractivity contribution is 5.83. The van der Waals surface area contributed by atoms with E-state index >= 15 is 0 Å². The van der Waals surface area contributed by atoms with Crippen LogP contribution in [0.2, 0.25) is 0 Å². The highest BCUT2D eigenvalue weighted by Gasteiger charge is 2.53. The summed E-state index contributed by atoms with van der Waals surface area (Å²) in [6, 6.07) is 8.40. The first kappa shape index (κ1) is 19.5. The van der Waals surface area contributed by atoms with Crippen molar-refractivity contribution in [2.45, 2.75) is 46.7 Å². The zero-order chi connectivity index (χ0) is 19.7. The third kappa shape index (κ3) is 3.89. The molecule has 1 aromatic rings. The molecular formula is C21H33N5O. The van der Waals surface area contributed by atoms with Crippen molar-refractivity contribution in [3.8, 4) is 0 Å². The summed E-state index contributed by atoms with van der Waals surface area (Å²) in [7, 11) is 0. The molecule has 0 unspecified atom stereocenters. The van der Waals surface area contributed by atoms with E-state index < -0.39 is 0 Å². The highest BCUT2D eigenvalue weighted by atomic mass is 16.2. The van der Waals surface area contributed by atoms with E-state index in [1.54, 1.807) is 0 Å². The van der Waals surface area contributed by atoms with Gasteiger partial charge in [0.05, 0.1) is 13.1 Å². The minimum Gasteiger partial charge on any atom is -0.360 e. The van der Waals surface area contributed by atoms with Crippen molar-refractivity contribution < 1.29 is 4.79 Å². The molecule has 0 aliphatic carbocycles. The van der Waals surface area contributed by atoms with Gasteiger partial charge in [0.2, 0.25) is 5.91 Å². The molecule has 0 saturated carbocycles. The van der Waals surface area contributed by atoms with Crippen LogP contribution in [0.3, 0.4) is 0 Å². The Morgan fingerprint density at radius 3 is 2.48 bits per heavy atom. The van der Waals surface area contributed by atoms with Crippen molar-refractivity contribution in [1.29, 1.82) is 0 Å². The Kier molecular flexibility index (Phi) is 5.36. The number of benzene rings is 1. The van der Waals surface area contributed by atoms with Crippen LogP contribution in [0.5, 0.6) is 0 Å². The third-order valence-electron chi connectivity index (χ3n) is 6.23. The van der Waals surface area contributed by atoms with Gasteiger partial charge in [0.25, 0.3) is 0 Å². The molecule has 0 radical (unpaired) electrons. The fourth-order valence-corrected chi connectivity index (χ4v) is 3.63. The lowest BCUT2D eigenvalue weighted by Crippen LogP contribution is -2.72. The molecule has 1 amide bonds. The molecule has 1 aromatic carbocycles. The van der Waals surface area contributed by atoms with Gasteiger partial charge in [-0.3, -0.25) is 4.79 Å². The first-order chi connectivity index (χ1) is 12.7. The molecule has 2 fully saturated rings. The average Bonchev–Trinajstić information content (AvgIpc) is 2.64. The van der Waals surface area contributed by atoms with Crippen LogP contribution in [0.1, 0.15) is 40.2 Å². The van der Waals surface area contributed by atoms with Gasteiger partial charge >= 0.3 is 0 Å². The van der Waals surface area contributed by atoms with E-state index in [0.717, 1.165) is 31.3 Å². The first-order valence-corrected chi connectivity index (χ1v) is 9.91. The van der Waals surface area contributed by atoms with Gasteiger partial charge in [0, 0.05) is 42.8 Å². The van der Waals surface area contributed by atoms with Gasteiger partial charge in [0.1, 0.15) is 0 Å². The Hall–Kier alpha value is -2.24. The summed E-state index contributed by atoms with van der Waals surface area (Å²) < 4.78 is 0. The maximum absolute atomic E-state index is 11.6. The molecule has 148 valence electrons. The van der Waals surface area contributed by atoms with Crippen LogP contribution in [0.15, 0.2) is 29.3 Å². The lowest BCUT2D eigenvalue weighted by atomic mass is 9.65. The van der Waals surface area contributed by atoms with E-state index in [2.05, 4.69) is 79.3 Å². The molecule has 2 aliphatic rings. The van der Waals surface area contributed by atoms with Crippen molar-refractivity contribution in [3.63, 3.8) is 0 Å². The van der Waals surface area contributed by atoms with Crippen molar-refractivity contribution in [1.82, 2.24) is 15.5 Å². The number of piperazine rings is 1. The Morgan fingerprint density at radius 1 is 1.22 bits per heavy atom. The maximum Gasteiger partial charge on any atom is 0.239 e. The monoisotopic (exact) mass is 371 g/mol. The molecule has 0 aromatic heterocycles. The number of hydrogen-bond donors (Lipinski definition) is 2. The number of rotatable bonds is 4. The zero-order valence-corrected chi connectivity index (χ0v) is 17.3. The van der Waals surface area contributed by atoms with Crippen LogP contribution in [-0.2, 0) is 11.3 Å². The summed E-state index contributed by atoms with van der Waals surface area (Å²) in [4.78, 5) is 20.9. The number of nitrogens with zero attached hydrogens (tertiary/aromatic N) is 3. The van der Waals surface area contributed by atoms with Crippen molar-refractivity contribution >= 4 is 17.6 Å². The standard InChI is InChI=1S/C21H33N5O/c1-6-22-19(26-15-20(2,3)21(26,4)5)24-13-16-7-9-17(10-8-16)25-12-11-23-18(27)14-25/h7-10H,6,11-15H2,1-5H3,(H,22,24)(H,23,27). The third-order valence-corrected chi connectivity index (χ3v) is 6.23. The lowest BCUT2D eigenvalue weighted by molar-refractivity contribution is -0.120. The maximum atomic E-state index is 11.6. The van der Waals surface area contributed by atoms with Gasteiger partial charge in [-0.05, 0) is 38.5 Å². The van der Waals surface area contributed by atoms with Crippen molar-refractivity contribution in [2.24, 2.45) is 10.4 Å². The molecule has 2 N–H and O–H groups in total. The fourth-order valence-electron chi connectivity index (χ4n) is 3.63. The van der Waals surface area contributed by atoms with Gasteiger partial charge in [-0.1, -0.05) is 26.0 Å². The SMILES string of the molecule is CCNC(=NCc1ccc(N2CCNC(=O)C2)cc1)N1CC(C)(C)C1(C)C. The number of amides is 1. The Balaban J connectivity index is 1.67. The molecule has 6 heteroatoms. The smallest absolute Gasteiger partial charge is 0.239 e. The van der Waals surface area contributed by atoms with E-state index in [1.807, 2.05) is 0 Å². The second-order valence-corrected chi connectivity index (χ2v) is 8.64. The fraction of sp³-hybridized carbons (Fsp3) is 0.619. The average molecular weight is 372 g/mol. The predicted octanol–water partition coefficient (Wildman–Crippen LogP) is 2.21. The van der Waals surface area contributed by atoms with Gasteiger partial charge in [-0.15, -0.1) is 0 Å². The number of anilines is 1. The first-order valence-electron chi connectivity index (χ1n) is 9.91. The summed E-state index contributed by atoms with van der Waals surface area (Å²) in [5.41, 5.74) is 2.64. The Bertz CT molecular complexity index is 708. The molecule has 2 saturated heterocycles. The Morgan fingerprint density at radius 2 is 1.93 bits per heavy atom. The van der Waals surface area contributed by atoms with E-state index in [4.69, 9.17) is 4.99 Å². The van der Waals surface area contributed by atoms with Crippen LogP contribution in [0, 0.1) is 5.41 Å². The minimum atomic E-state index is 0.0882. The van der Waals surface area contributed by atoms with Crippen LogP contribution >= 0.6 is 0 Å². The van der Waals surface area contributed by atoms with E-state index in [-0.39, 0.29) is 16.9 Å². The second-order valence-electron chi connectivity index (χ2n) is 8.64. The summed E-state index contributed by atoms with van der Waals surface area (Å²) >= 11 is 0. The molecule has 2 heterocycles. The van der Waals surface area contributed by atoms with Crippen LogP contribution in [0.25, 0.3) is 0 Å². The quantitative estimate of drug-likeness (QED) is 0.629. The topological polar surface area (TPSA) is 60.0 Å². The molecule has 2 aliphatic heterocycles.